The van der Waals surface area contributed by atoms with Crippen molar-refractivity contribution in [3.63, 3.8) is 0 Å². The number of nitriles is 1. The molecule has 2 aromatic rings. The van der Waals surface area contributed by atoms with Crippen LogP contribution in [0, 0.1) is 18.3 Å². The Morgan fingerprint density at radius 1 is 1.47 bits per heavy atom. The summed E-state index contributed by atoms with van der Waals surface area (Å²) in [6.45, 7) is 1.87. The highest BCUT2D eigenvalue weighted by molar-refractivity contribution is 7.13. The zero-order chi connectivity index (χ0) is 14.0. The first-order chi connectivity index (χ1) is 9.04. The Morgan fingerprint density at radius 3 is 2.79 bits per heavy atom. The molecule has 1 heterocycles. The van der Waals surface area contributed by atoms with Gasteiger partial charge in [-0.15, -0.1) is 11.3 Å². The topological polar surface area (TPSA) is 44.1 Å². The van der Waals surface area contributed by atoms with Gasteiger partial charge in [0, 0.05) is 12.7 Å². The highest BCUT2D eigenvalue weighted by Crippen LogP contribution is 2.29. The second-order valence-electron chi connectivity index (χ2n) is 4.09. The van der Waals surface area contributed by atoms with Gasteiger partial charge in [0.05, 0.1) is 16.7 Å². The minimum Gasteiger partial charge on any atom is -0.311 e. The third kappa shape index (κ3) is 2.62. The molecule has 0 saturated carbocycles. The van der Waals surface area contributed by atoms with Crippen molar-refractivity contribution >= 4 is 34.5 Å². The molecule has 0 spiro atoms. The SMILES string of the molecule is Cc1csc(C(=O)N(C)c2cccc(C#N)c2)c1Cl. The molecular weight excluding hydrogens is 280 g/mol. The third-order valence-corrected chi connectivity index (χ3v) is 4.45. The molecule has 0 aliphatic rings. The van der Waals surface area contributed by atoms with Crippen LogP contribution in [0.4, 0.5) is 5.69 Å². The maximum atomic E-state index is 12.3. The van der Waals surface area contributed by atoms with Gasteiger partial charge in [0.2, 0.25) is 0 Å². The molecule has 3 nitrogen and oxygen atoms in total. The van der Waals surface area contributed by atoms with Gasteiger partial charge >= 0.3 is 0 Å². The summed E-state index contributed by atoms with van der Waals surface area (Å²) in [5.41, 5.74) is 2.09. The number of halogens is 1. The lowest BCUT2D eigenvalue weighted by Gasteiger charge is -2.16. The van der Waals surface area contributed by atoms with Crippen LogP contribution in [0.1, 0.15) is 20.8 Å². The summed E-state index contributed by atoms with van der Waals surface area (Å²) in [5, 5.41) is 11.2. The van der Waals surface area contributed by atoms with E-state index in [4.69, 9.17) is 16.9 Å². The molecule has 0 radical (unpaired) electrons. The van der Waals surface area contributed by atoms with Crippen LogP contribution in [0.2, 0.25) is 5.02 Å². The number of carbonyl (C=O) groups is 1. The molecule has 2 rings (SSSR count). The zero-order valence-electron chi connectivity index (χ0n) is 10.5. The van der Waals surface area contributed by atoms with Crippen molar-refractivity contribution in [2.75, 3.05) is 11.9 Å². The number of nitrogens with zero attached hydrogens (tertiary/aromatic N) is 2. The van der Waals surface area contributed by atoms with Crippen LogP contribution in [-0.2, 0) is 0 Å². The second-order valence-corrected chi connectivity index (χ2v) is 5.35. The molecular formula is C14H11ClN2OS. The predicted molar refractivity (Wildman–Crippen MR) is 78.0 cm³/mol. The average molecular weight is 291 g/mol. The quantitative estimate of drug-likeness (QED) is 0.843. The van der Waals surface area contributed by atoms with Gasteiger partial charge in [-0.25, -0.2) is 0 Å². The molecule has 0 unspecified atom stereocenters. The van der Waals surface area contributed by atoms with Gasteiger partial charge in [-0.3, -0.25) is 4.79 Å². The number of rotatable bonds is 2. The van der Waals surface area contributed by atoms with Gasteiger partial charge in [0.1, 0.15) is 4.88 Å². The summed E-state index contributed by atoms with van der Waals surface area (Å²) in [7, 11) is 1.67. The van der Waals surface area contributed by atoms with Gasteiger partial charge < -0.3 is 4.90 Å². The van der Waals surface area contributed by atoms with E-state index < -0.39 is 0 Å². The van der Waals surface area contributed by atoms with Gasteiger partial charge in [-0.2, -0.15) is 5.26 Å². The number of aryl methyl sites for hydroxylation is 1. The fourth-order valence-corrected chi connectivity index (χ4v) is 2.88. The number of benzene rings is 1. The Kier molecular flexibility index (Phi) is 3.89. The van der Waals surface area contributed by atoms with Crippen molar-refractivity contribution in [1.29, 1.82) is 5.26 Å². The van der Waals surface area contributed by atoms with Crippen LogP contribution in [0.3, 0.4) is 0 Å². The van der Waals surface area contributed by atoms with Gasteiger partial charge in [-0.05, 0) is 36.1 Å². The van der Waals surface area contributed by atoms with Gasteiger partial charge in [-0.1, -0.05) is 17.7 Å². The fraction of sp³-hybridized carbons (Fsp3) is 0.143. The maximum absolute atomic E-state index is 12.3. The number of anilines is 1. The standard InChI is InChI=1S/C14H11ClN2OS/c1-9-8-19-13(12(9)15)14(18)17(2)11-5-3-4-10(6-11)7-16/h3-6,8H,1-2H3. The third-order valence-electron chi connectivity index (χ3n) is 2.76. The number of amides is 1. The minimum atomic E-state index is -0.168. The van der Waals surface area contributed by atoms with E-state index >= 15 is 0 Å². The maximum Gasteiger partial charge on any atom is 0.269 e. The molecule has 0 aliphatic carbocycles. The van der Waals surface area contributed by atoms with Gasteiger partial charge in [0.25, 0.3) is 5.91 Å². The normalized spacial score (nSPS) is 10.0. The summed E-state index contributed by atoms with van der Waals surface area (Å²) >= 11 is 7.43. The van der Waals surface area contributed by atoms with Crippen molar-refractivity contribution < 1.29 is 4.79 Å². The van der Waals surface area contributed by atoms with Crippen molar-refractivity contribution in [3.8, 4) is 6.07 Å². The van der Waals surface area contributed by atoms with E-state index in [1.54, 1.807) is 31.3 Å². The van der Waals surface area contributed by atoms with Crippen LogP contribution in [0.25, 0.3) is 0 Å². The van der Waals surface area contributed by atoms with E-state index in [0.717, 1.165) is 5.56 Å². The lowest BCUT2D eigenvalue weighted by atomic mass is 10.2. The molecule has 0 saturated heterocycles. The summed E-state index contributed by atoms with van der Waals surface area (Å²) in [5.74, 6) is -0.168. The van der Waals surface area contributed by atoms with Crippen molar-refractivity contribution in [2.45, 2.75) is 6.92 Å². The van der Waals surface area contributed by atoms with Crippen LogP contribution < -0.4 is 4.90 Å². The van der Waals surface area contributed by atoms with Crippen molar-refractivity contribution in [3.05, 3.63) is 50.7 Å². The Morgan fingerprint density at radius 2 is 2.21 bits per heavy atom. The smallest absolute Gasteiger partial charge is 0.269 e. The molecule has 19 heavy (non-hydrogen) atoms. The molecule has 0 bridgehead atoms. The number of hydrogen-bond donors (Lipinski definition) is 0. The van der Waals surface area contributed by atoms with Crippen LogP contribution >= 0.6 is 22.9 Å². The minimum absolute atomic E-state index is 0.168. The van der Waals surface area contributed by atoms with Gasteiger partial charge in [0.15, 0.2) is 0 Å². The first-order valence-corrected chi connectivity index (χ1v) is 6.82. The van der Waals surface area contributed by atoms with Crippen molar-refractivity contribution in [2.24, 2.45) is 0 Å². The van der Waals surface area contributed by atoms with Crippen molar-refractivity contribution in [1.82, 2.24) is 0 Å². The average Bonchev–Trinajstić information content (AvgIpc) is 2.77. The number of thiophene rings is 1. The summed E-state index contributed by atoms with van der Waals surface area (Å²) < 4.78 is 0. The van der Waals surface area contributed by atoms with E-state index in [0.29, 0.717) is 21.2 Å². The molecule has 0 atom stereocenters. The van der Waals surface area contributed by atoms with E-state index in [9.17, 15) is 4.79 Å². The number of carbonyl (C=O) groups excluding carboxylic acids is 1. The molecule has 5 heteroatoms. The molecule has 1 aromatic carbocycles. The molecule has 0 N–H and O–H groups in total. The lowest BCUT2D eigenvalue weighted by molar-refractivity contribution is 0.0997. The molecule has 1 aromatic heterocycles. The van der Waals surface area contributed by atoms with E-state index in [-0.39, 0.29) is 5.91 Å². The highest BCUT2D eigenvalue weighted by Gasteiger charge is 2.19. The zero-order valence-corrected chi connectivity index (χ0v) is 12.0. The Labute approximate surface area is 120 Å². The van der Waals surface area contributed by atoms with Crippen LogP contribution in [-0.4, -0.2) is 13.0 Å². The molecule has 96 valence electrons. The largest absolute Gasteiger partial charge is 0.311 e. The summed E-state index contributed by atoms with van der Waals surface area (Å²) in [4.78, 5) is 14.4. The highest BCUT2D eigenvalue weighted by atomic mass is 35.5. The van der Waals surface area contributed by atoms with E-state index in [1.165, 1.54) is 16.2 Å². The first kappa shape index (κ1) is 13.6. The Bertz CT molecular complexity index is 672. The van der Waals surface area contributed by atoms with E-state index in [2.05, 4.69) is 6.07 Å². The van der Waals surface area contributed by atoms with E-state index in [1.807, 2.05) is 12.3 Å². The second kappa shape index (κ2) is 5.43. The Balaban J connectivity index is 2.34. The summed E-state index contributed by atoms with van der Waals surface area (Å²) in [6, 6.07) is 8.96. The predicted octanol–water partition coefficient (Wildman–Crippen LogP) is 3.86. The lowest BCUT2D eigenvalue weighted by Crippen LogP contribution is -2.25. The molecule has 0 fully saturated rings. The summed E-state index contributed by atoms with van der Waals surface area (Å²) in [6.07, 6.45) is 0. The molecule has 0 aliphatic heterocycles. The Hall–Kier alpha value is -1.83. The monoisotopic (exact) mass is 290 g/mol. The fourth-order valence-electron chi connectivity index (χ4n) is 1.63. The number of hydrogen-bond acceptors (Lipinski definition) is 3. The van der Waals surface area contributed by atoms with Crippen LogP contribution in [0.5, 0.6) is 0 Å². The first-order valence-electron chi connectivity index (χ1n) is 5.56. The molecule has 1 amide bonds. The van der Waals surface area contributed by atoms with Crippen LogP contribution in [0.15, 0.2) is 29.6 Å².